The van der Waals surface area contributed by atoms with Crippen LogP contribution in [0.5, 0.6) is 0 Å². The first-order valence-corrected chi connectivity index (χ1v) is 8.69. The number of anilines is 2. The van der Waals surface area contributed by atoms with E-state index in [1.54, 1.807) is 6.07 Å². The van der Waals surface area contributed by atoms with E-state index in [0.29, 0.717) is 18.2 Å². The topological polar surface area (TPSA) is 74.5 Å². The Balaban J connectivity index is 1.51. The molecule has 2 aromatic heterocycles. The zero-order valence-corrected chi connectivity index (χ0v) is 14.8. The molecule has 7 heteroatoms. The number of aromatic nitrogens is 2. The van der Waals surface area contributed by atoms with Crippen LogP contribution >= 0.6 is 0 Å². The lowest BCUT2D eigenvalue weighted by Gasteiger charge is -2.21. The second-order valence-corrected chi connectivity index (χ2v) is 6.62. The molecule has 2 aromatic rings. The van der Waals surface area contributed by atoms with Crippen molar-refractivity contribution < 1.29 is 9.32 Å². The van der Waals surface area contributed by atoms with Gasteiger partial charge in [-0.3, -0.25) is 4.79 Å². The first-order chi connectivity index (χ1) is 12.1. The van der Waals surface area contributed by atoms with Gasteiger partial charge in [0.25, 0.3) is 0 Å². The molecule has 0 radical (unpaired) electrons. The molecule has 3 heterocycles. The van der Waals surface area contributed by atoms with Gasteiger partial charge in [0, 0.05) is 39.3 Å². The molecule has 1 N–H and O–H groups in total. The van der Waals surface area contributed by atoms with Crippen molar-refractivity contribution in [3.63, 3.8) is 0 Å². The number of carbonyl (C=O) groups excluding carboxylic acids is 1. The number of nitrogens with one attached hydrogen (secondary N) is 1. The summed E-state index contributed by atoms with van der Waals surface area (Å²) in [6.07, 6.45) is 6.65. The van der Waals surface area contributed by atoms with Gasteiger partial charge in [0.05, 0.1) is 24.0 Å². The zero-order valence-electron chi connectivity index (χ0n) is 14.8. The fourth-order valence-corrected chi connectivity index (χ4v) is 3.06. The summed E-state index contributed by atoms with van der Waals surface area (Å²) in [5.41, 5.74) is 1.72. The van der Waals surface area contributed by atoms with E-state index >= 15 is 0 Å². The van der Waals surface area contributed by atoms with Gasteiger partial charge in [-0.25, -0.2) is 4.98 Å². The van der Waals surface area contributed by atoms with Crippen molar-refractivity contribution in [1.29, 1.82) is 0 Å². The van der Waals surface area contributed by atoms with Crippen LogP contribution in [0.15, 0.2) is 35.2 Å². The molecule has 0 spiro atoms. The fraction of sp³-hybridized carbons (Fsp3) is 0.500. The van der Waals surface area contributed by atoms with Crippen LogP contribution in [-0.4, -0.2) is 54.2 Å². The van der Waals surface area contributed by atoms with E-state index < -0.39 is 0 Å². The third-order valence-corrected chi connectivity index (χ3v) is 4.48. The maximum absolute atomic E-state index is 12.4. The Morgan fingerprint density at radius 3 is 2.88 bits per heavy atom. The molecule has 0 bridgehead atoms. The third kappa shape index (κ3) is 4.71. The fourth-order valence-electron chi connectivity index (χ4n) is 3.06. The summed E-state index contributed by atoms with van der Waals surface area (Å²) in [6, 6.07) is 6.16. The maximum atomic E-state index is 12.4. The number of hydrogen-bond acceptors (Lipinski definition) is 6. The minimum Gasteiger partial charge on any atom is -0.381 e. The molecule has 0 aromatic carbocycles. The van der Waals surface area contributed by atoms with Crippen molar-refractivity contribution in [3.8, 4) is 0 Å². The monoisotopic (exact) mass is 343 g/mol. The number of carbonyl (C=O) groups is 1. The average molecular weight is 343 g/mol. The second kappa shape index (κ2) is 8.00. The molecule has 1 aliphatic heterocycles. The summed E-state index contributed by atoms with van der Waals surface area (Å²) in [5, 5.41) is 7.37. The lowest BCUT2D eigenvalue weighted by Crippen LogP contribution is -2.33. The molecular formula is C18H25N5O2. The number of hydrogen-bond donors (Lipinski definition) is 1. The van der Waals surface area contributed by atoms with Crippen molar-refractivity contribution in [2.24, 2.45) is 0 Å². The van der Waals surface area contributed by atoms with Gasteiger partial charge in [0.2, 0.25) is 5.91 Å². The first kappa shape index (κ1) is 17.3. The minimum absolute atomic E-state index is 0.117. The van der Waals surface area contributed by atoms with E-state index in [9.17, 15) is 4.79 Å². The Kier molecular flexibility index (Phi) is 5.53. The number of nitrogens with zero attached hydrogens (tertiary/aromatic N) is 4. The van der Waals surface area contributed by atoms with Crippen LogP contribution in [0.25, 0.3) is 0 Å². The highest BCUT2D eigenvalue weighted by Crippen LogP contribution is 2.18. The summed E-state index contributed by atoms with van der Waals surface area (Å²) >= 11 is 0. The minimum atomic E-state index is 0.117. The molecule has 1 fully saturated rings. The van der Waals surface area contributed by atoms with Crippen LogP contribution in [-0.2, 0) is 11.2 Å². The number of rotatable bonds is 5. The number of amides is 1. The molecule has 0 aliphatic carbocycles. The molecule has 0 saturated carbocycles. The van der Waals surface area contributed by atoms with Crippen molar-refractivity contribution in [3.05, 3.63) is 36.4 Å². The van der Waals surface area contributed by atoms with Crippen molar-refractivity contribution in [1.82, 2.24) is 15.0 Å². The van der Waals surface area contributed by atoms with Gasteiger partial charge < -0.3 is 19.6 Å². The summed E-state index contributed by atoms with van der Waals surface area (Å²) < 4.78 is 4.79. The summed E-state index contributed by atoms with van der Waals surface area (Å²) in [7, 11) is 3.96. The van der Waals surface area contributed by atoms with Gasteiger partial charge in [-0.05, 0) is 31.4 Å². The lowest BCUT2D eigenvalue weighted by atomic mass is 10.1. The van der Waals surface area contributed by atoms with Crippen molar-refractivity contribution in [2.45, 2.75) is 31.7 Å². The van der Waals surface area contributed by atoms with Crippen molar-refractivity contribution >= 4 is 17.4 Å². The molecule has 3 rings (SSSR count). The second-order valence-electron chi connectivity index (χ2n) is 6.62. The van der Waals surface area contributed by atoms with Crippen LogP contribution in [0.4, 0.5) is 11.5 Å². The maximum Gasteiger partial charge on any atom is 0.228 e. The van der Waals surface area contributed by atoms with Crippen molar-refractivity contribution in [2.75, 3.05) is 37.4 Å². The first-order valence-electron chi connectivity index (χ1n) is 8.69. The van der Waals surface area contributed by atoms with Gasteiger partial charge in [-0.15, -0.1) is 0 Å². The van der Waals surface area contributed by atoms with E-state index in [1.807, 2.05) is 36.2 Å². The molecule has 25 heavy (non-hydrogen) atoms. The van der Waals surface area contributed by atoms with Crippen LogP contribution in [0.3, 0.4) is 0 Å². The van der Waals surface area contributed by atoms with Gasteiger partial charge in [-0.2, -0.15) is 0 Å². The quantitative estimate of drug-likeness (QED) is 0.897. The molecule has 1 atom stereocenters. The number of pyridine rings is 1. The van der Waals surface area contributed by atoms with Gasteiger partial charge in [-0.1, -0.05) is 5.16 Å². The van der Waals surface area contributed by atoms with E-state index in [4.69, 9.17) is 4.52 Å². The SMILES string of the molecule is CN(C)c1ccc(N[C@@H]2CCCN(C(=O)Cc3ccon3)CC2)cn1. The Labute approximate surface area is 148 Å². The Bertz CT molecular complexity index is 669. The molecule has 1 saturated heterocycles. The normalized spacial score (nSPS) is 17.8. The Morgan fingerprint density at radius 1 is 1.32 bits per heavy atom. The van der Waals surface area contributed by atoms with E-state index in [2.05, 4.69) is 21.5 Å². The van der Waals surface area contributed by atoms with Gasteiger partial charge in [0.1, 0.15) is 12.1 Å². The highest BCUT2D eigenvalue weighted by Gasteiger charge is 2.21. The average Bonchev–Trinajstić information content (AvgIpc) is 2.99. The highest BCUT2D eigenvalue weighted by molar-refractivity contribution is 5.78. The molecule has 1 amide bonds. The van der Waals surface area contributed by atoms with Gasteiger partial charge >= 0.3 is 0 Å². The Hall–Kier alpha value is -2.57. The largest absolute Gasteiger partial charge is 0.381 e. The molecule has 1 aliphatic rings. The highest BCUT2D eigenvalue weighted by atomic mass is 16.5. The van der Waals surface area contributed by atoms with Gasteiger partial charge in [0.15, 0.2) is 0 Å². The smallest absolute Gasteiger partial charge is 0.228 e. The predicted molar refractivity (Wildman–Crippen MR) is 96.6 cm³/mol. The van der Waals surface area contributed by atoms with Crippen LogP contribution in [0.2, 0.25) is 0 Å². The van der Waals surface area contributed by atoms with Crippen LogP contribution in [0.1, 0.15) is 25.0 Å². The predicted octanol–water partition coefficient (Wildman–Crippen LogP) is 2.17. The molecule has 7 nitrogen and oxygen atoms in total. The van der Waals surface area contributed by atoms with E-state index in [1.165, 1.54) is 6.26 Å². The van der Waals surface area contributed by atoms with E-state index in [0.717, 1.165) is 43.9 Å². The number of likely N-dealkylation sites (tertiary alicyclic amines) is 1. The summed E-state index contributed by atoms with van der Waals surface area (Å²) in [6.45, 7) is 1.56. The van der Waals surface area contributed by atoms with Crippen LogP contribution in [0, 0.1) is 0 Å². The summed E-state index contributed by atoms with van der Waals surface area (Å²) in [5.74, 6) is 1.06. The molecular weight excluding hydrogens is 318 g/mol. The zero-order chi connectivity index (χ0) is 17.6. The molecule has 0 unspecified atom stereocenters. The summed E-state index contributed by atoms with van der Waals surface area (Å²) in [4.78, 5) is 20.7. The van der Waals surface area contributed by atoms with E-state index in [-0.39, 0.29) is 5.91 Å². The lowest BCUT2D eigenvalue weighted by molar-refractivity contribution is -0.130. The third-order valence-electron chi connectivity index (χ3n) is 4.48. The standard InChI is InChI=1S/C18H25N5O2/c1-22(2)17-6-5-16(13-19-17)20-14-4-3-9-23(10-7-14)18(24)12-15-8-11-25-21-15/h5-6,8,11,13-14,20H,3-4,7,9-10,12H2,1-2H3/t14-/m1/s1. The molecule has 134 valence electrons. The van der Waals surface area contributed by atoms with Crippen LogP contribution < -0.4 is 10.2 Å². The Morgan fingerprint density at radius 2 is 2.20 bits per heavy atom.